The zero-order chi connectivity index (χ0) is 13.7. The Morgan fingerprint density at radius 2 is 2.11 bits per heavy atom. The molecular weight excluding hydrogens is 254 g/mol. The Bertz CT molecular complexity index is 460. The summed E-state index contributed by atoms with van der Waals surface area (Å²) in [5, 5.41) is 11.8. The van der Waals surface area contributed by atoms with Crippen LogP contribution in [0.15, 0.2) is 18.2 Å². The molecule has 0 heterocycles. The number of rotatable bonds is 5. The van der Waals surface area contributed by atoms with Crippen LogP contribution in [0.5, 0.6) is 0 Å². The summed E-state index contributed by atoms with van der Waals surface area (Å²) in [5.74, 6) is -1.49. The second-order valence-corrected chi connectivity index (χ2v) is 4.54. The van der Waals surface area contributed by atoms with Gasteiger partial charge in [0, 0.05) is 0 Å². The van der Waals surface area contributed by atoms with Gasteiger partial charge >= 0.3 is 5.97 Å². The van der Waals surface area contributed by atoms with Crippen LogP contribution in [0.25, 0.3) is 0 Å². The molecule has 18 heavy (non-hydrogen) atoms. The fraction of sp³-hybridized carbons (Fsp3) is 0.385. The summed E-state index contributed by atoms with van der Waals surface area (Å²) in [6.45, 7) is 3.73. The third-order valence-corrected chi connectivity index (χ3v) is 2.86. The lowest BCUT2D eigenvalue weighted by atomic mass is 10.1. The van der Waals surface area contributed by atoms with Crippen LogP contribution in [0.1, 0.15) is 35.7 Å². The van der Waals surface area contributed by atoms with Gasteiger partial charge in [0.1, 0.15) is 6.04 Å². The van der Waals surface area contributed by atoms with E-state index in [4.69, 9.17) is 16.7 Å². The highest BCUT2D eigenvalue weighted by molar-refractivity contribution is 6.33. The highest BCUT2D eigenvalue weighted by Crippen LogP contribution is 2.17. The van der Waals surface area contributed by atoms with E-state index in [0.29, 0.717) is 23.4 Å². The summed E-state index contributed by atoms with van der Waals surface area (Å²) in [5.41, 5.74) is 1.24. The molecule has 1 atom stereocenters. The number of halogens is 1. The molecule has 1 aromatic carbocycles. The number of amides is 1. The molecule has 0 saturated carbocycles. The summed E-state index contributed by atoms with van der Waals surface area (Å²) >= 11 is 5.96. The number of hydrogen-bond acceptors (Lipinski definition) is 2. The van der Waals surface area contributed by atoms with E-state index in [9.17, 15) is 9.59 Å². The Morgan fingerprint density at radius 3 is 2.61 bits per heavy atom. The molecule has 0 unspecified atom stereocenters. The predicted octanol–water partition coefficient (Wildman–Crippen LogP) is 2.63. The highest BCUT2D eigenvalue weighted by Gasteiger charge is 2.20. The van der Waals surface area contributed by atoms with Gasteiger partial charge in [-0.2, -0.15) is 0 Å². The summed E-state index contributed by atoms with van der Waals surface area (Å²) in [4.78, 5) is 22.9. The van der Waals surface area contributed by atoms with E-state index >= 15 is 0 Å². The number of aryl methyl sites for hydroxylation is 1. The van der Waals surface area contributed by atoms with Crippen molar-refractivity contribution in [3.8, 4) is 0 Å². The van der Waals surface area contributed by atoms with Gasteiger partial charge in [-0.3, -0.25) is 4.79 Å². The molecule has 0 spiro atoms. The fourth-order valence-electron chi connectivity index (χ4n) is 1.59. The second-order valence-electron chi connectivity index (χ2n) is 4.14. The number of carboxylic acids is 1. The smallest absolute Gasteiger partial charge is 0.326 e. The molecule has 0 aliphatic heterocycles. The molecule has 0 bridgehead atoms. The third-order valence-electron chi connectivity index (χ3n) is 2.55. The first-order valence-corrected chi connectivity index (χ1v) is 6.13. The van der Waals surface area contributed by atoms with E-state index in [0.717, 1.165) is 5.56 Å². The summed E-state index contributed by atoms with van der Waals surface area (Å²) in [7, 11) is 0. The summed E-state index contributed by atoms with van der Waals surface area (Å²) in [6.07, 6.45) is 1.07. The van der Waals surface area contributed by atoms with Crippen LogP contribution < -0.4 is 5.32 Å². The molecule has 1 rings (SSSR count). The van der Waals surface area contributed by atoms with Gasteiger partial charge in [-0.05, 0) is 31.0 Å². The standard InChI is InChI=1S/C13H16ClNO3/c1-3-4-11(13(17)18)15-12(16)9-6-5-8(2)7-10(9)14/h5-7,11H,3-4H2,1-2H3,(H,15,16)(H,17,18)/t11-/m0/s1. The van der Waals surface area contributed by atoms with E-state index in [1.54, 1.807) is 18.2 Å². The van der Waals surface area contributed by atoms with Crippen molar-refractivity contribution >= 4 is 23.5 Å². The topological polar surface area (TPSA) is 66.4 Å². The van der Waals surface area contributed by atoms with Crippen molar-refractivity contribution in [3.63, 3.8) is 0 Å². The van der Waals surface area contributed by atoms with Crippen molar-refractivity contribution in [1.29, 1.82) is 0 Å². The van der Waals surface area contributed by atoms with E-state index in [1.807, 2.05) is 13.8 Å². The van der Waals surface area contributed by atoms with Gasteiger partial charge in [-0.25, -0.2) is 4.79 Å². The quantitative estimate of drug-likeness (QED) is 0.863. The van der Waals surface area contributed by atoms with Crippen molar-refractivity contribution in [3.05, 3.63) is 34.3 Å². The highest BCUT2D eigenvalue weighted by atomic mass is 35.5. The normalized spacial score (nSPS) is 11.9. The molecule has 0 saturated heterocycles. The van der Waals surface area contributed by atoms with Gasteiger partial charge in [0.05, 0.1) is 10.6 Å². The number of benzene rings is 1. The SMILES string of the molecule is CCC[C@H](NC(=O)c1ccc(C)cc1Cl)C(=O)O. The van der Waals surface area contributed by atoms with Crippen molar-refractivity contribution in [1.82, 2.24) is 5.32 Å². The average Bonchev–Trinajstić information content (AvgIpc) is 2.27. The molecule has 2 N–H and O–H groups in total. The molecule has 1 aromatic rings. The van der Waals surface area contributed by atoms with Crippen molar-refractivity contribution in [2.45, 2.75) is 32.7 Å². The molecule has 98 valence electrons. The van der Waals surface area contributed by atoms with E-state index in [2.05, 4.69) is 5.32 Å². The van der Waals surface area contributed by atoms with Crippen LogP contribution in [0.2, 0.25) is 5.02 Å². The zero-order valence-electron chi connectivity index (χ0n) is 10.4. The van der Waals surface area contributed by atoms with Crippen molar-refractivity contribution in [2.75, 3.05) is 0 Å². The van der Waals surface area contributed by atoms with Gasteiger partial charge in [0.25, 0.3) is 5.91 Å². The maximum Gasteiger partial charge on any atom is 0.326 e. The largest absolute Gasteiger partial charge is 0.480 e. The van der Waals surface area contributed by atoms with E-state index in [1.165, 1.54) is 0 Å². The number of hydrogen-bond donors (Lipinski definition) is 2. The number of carbonyl (C=O) groups is 2. The fourth-order valence-corrected chi connectivity index (χ4v) is 1.91. The monoisotopic (exact) mass is 269 g/mol. The molecule has 0 radical (unpaired) electrons. The van der Waals surface area contributed by atoms with Crippen LogP contribution in [0.4, 0.5) is 0 Å². The molecular formula is C13H16ClNO3. The van der Waals surface area contributed by atoms with E-state index < -0.39 is 17.9 Å². The van der Waals surface area contributed by atoms with Crippen molar-refractivity contribution in [2.24, 2.45) is 0 Å². The third kappa shape index (κ3) is 3.74. The van der Waals surface area contributed by atoms with Crippen LogP contribution >= 0.6 is 11.6 Å². The molecule has 0 fully saturated rings. The number of aliphatic carboxylic acids is 1. The lowest BCUT2D eigenvalue weighted by Gasteiger charge is -2.14. The number of carboxylic acid groups (broad SMARTS) is 1. The van der Waals surface area contributed by atoms with Crippen LogP contribution in [0, 0.1) is 6.92 Å². The Labute approximate surface area is 111 Å². The van der Waals surface area contributed by atoms with Gasteiger partial charge < -0.3 is 10.4 Å². The van der Waals surface area contributed by atoms with Gasteiger partial charge in [0.2, 0.25) is 0 Å². The zero-order valence-corrected chi connectivity index (χ0v) is 11.1. The molecule has 0 aromatic heterocycles. The Hall–Kier alpha value is -1.55. The van der Waals surface area contributed by atoms with Gasteiger partial charge in [-0.15, -0.1) is 0 Å². The minimum atomic E-state index is -1.03. The lowest BCUT2D eigenvalue weighted by Crippen LogP contribution is -2.40. The average molecular weight is 270 g/mol. The molecule has 0 aliphatic carbocycles. The summed E-state index contributed by atoms with van der Waals surface area (Å²) in [6, 6.07) is 4.15. The van der Waals surface area contributed by atoms with Crippen molar-refractivity contribution < 1.29 is 14.7 Å². The molecule has 5 heteroatoms. The molecule has 0 aliphatic rings. The molecule has 1 amide bonds. The number of carbonyl (C=O) groups excluding carboxylic acids is 1. The maximum atomic E-state index is 11.9. The maximum absolute atomic E-state index is 11.9. The second kappa shape index (κ2) is 6.40. The Morgan fingerprint density at radius 1 is 1.44 bits per heavy atom. The van der Waals surface area contributed by atoms with Gasteiger partial charge in [-0.1, -0.05) is 31.0 Å². The first-order valence-electron chi connectivity index (χ1n) is 5.75. The minimum Gasteiger partial charge on any atom is -0.480 e. The summed E-state index contributed by atoms with van der Waals surface area (Å²) < 4.78 is 0. The first-order chi connectivity index (χ1) is 8.45. The molecule has 4 nitrogen and oxygen atoms in total. The van der Waals surface area contributed by atoms with Crippen LogP contribution in [-0.2, 0) is 4.79 Å². The number of nitrogens with one attached hydrogen (secondary N) is 1. The predicted molar refractivity (Wildman–Crippen MR) is 70.0 cm³/mol. The lowest BCUT2D eigenvalue weighted by molar-refractivity contribution is -0.139. The van der Waals surface area contributed by atoms with Crippen LogP contribution in [0.3, 0.4) is 0 Å². The van der Waals surface area contributed by atoms with Gasteiger partial charge in [0.15, 0.2) is 0 Å². The minimum absolute atomic E-state index is 0.296. The Kier molecular flexibility index (Phi) is 5.16. The Balaban J connectivity index is 2.83. The van der Waals surface area contributed by atoms with Crippen LogP contribution in [-0.4, -0.2) is 23.0 Å². The van der Waals surface area contributed by atoms with E-state index in [-0.39, 0.29) is 0 Å². The first kappa shape index (κ1) is 14.5.